The summed E-state index contributed by atoms with van der Waals surface area (Å²) >= 11 is 0. The molecule has 0 radical (unpaired) electrons. The number of anilines is 3. The fourth-order valence-electron chi connectivity index (χ4n) is 2.26. The molecule has 3 N–H and O–H groups in total. The Labute approximate surface area is 112 Å². The normalized spacial score (nSPS) is 10.6. The molecule has 3 heteroatoms. The van der Waals surface area contributed by atoms with E-state index in [2.05, 4.69) is 22.4 Å². The number of nitrogens with zero attached hydrogens (tertiary/aromatic N) is 1. The fourth-order valence-corrected chi connectivity index (χ4v) is 2.26. The lowest BCUT2D eigenvalue weighted by Crippen LogP contribution is -1.94. The maximum atomic E-state index is 5.87. The van der Waals surface area contributed by atoms with Gasteiger partial charge in [-0.25, -0.2) is 0 Å². The maximum absolute atomic E-state index is 5.87. The molecule has 0 bridgehead atoms. The Bertz CT molecular complexity index is 709. The number of aromatic nitrogens is 1. The van der Waals surface area contributed by atoms with E-state index in [-0.39, 0.29) is 0 Å². The van der Waals surface area contributed by atoms with Crippen LogP contribution in [0.4, 0.5) is 17.1 Å². The molecule has 0 fully saturated rings. The molecule has 19 heavy (non-hydrogen) atoms. The van der Waals surface area contributed by atoms with E-state index in [1.165, 1.54) is 5.39 Å². The molecule has 0 unspecified atom stereocenters. The van der Waals surface area contributed by atoms with Gasteiger partial charge in [-0.1, -0.05) is 12.1 Å². The molecule has 3 rings (SSSR count). The van der Waals surface area contributed by atoms with Crippen LogP contribution in [0.2, 0.25) is 0 Å². The van der Waals surface area contributed by atoms with Crippen molar-refractivity contribution in [1.29, 1.82) is 0 Å². The van der Waals surface area contributed by atoms with Crippen LogP contribution in [-0.4, -0.2) is 4.98 Å². The average molecular weight is 249 g/mol. The summed E-state index contributed by atoms with van der Waals surface area (Å²) < 4.78 is 0. The van der Waals surface area contributed by atoms with Gasteiger partial charge in [0.1, 0.15) is 0 Å². The highest BCUT2D eigenvalue weighted by Gasteiger charge is 2.02. The molecule has 0 saturated heterocycles. The molecule has 0 aliphatic heterocycles. The van der Waals surface area contributed by atoms with Crippen molar-refractivity contribution in [3.63, 3.8) is 0 Å². The van der Waals surface area contributed by atoms with Crippen LogP contribution in [0, 0.1) is 6.92 Å². The molecule has 94 valence electrons. The highest BCUT2D eigenvalue weighted by molar-refractivity contribution is 5.94. The van der Waals surface area contributed by atoms with Crippen molar-refractivity contribution in [3.05, 3.63) is 60.4 Å². The van der Waals surface area contributed by atoms with Crippen LogP contribution in [0.5, 0.6) is 0 Å². The molecule has 3 nitrogen and oxygen atoms in total. The largest absolute Gasteiger partial charge is 0.399 e. The Morgan fingerprint density at radius 1 is 1.11 bits per heavy atom. The van der Waals surface area contributed by atoms with Crippen LogP contribution in [0.3, 0.4) is 0 Å². The molecule has 0 spiro atoms. The quantitative estimate of drug-likeness (QED) is 0.678. The van der Waals surface area contributed by atoms with Crippen molar-refractivity contribution in [2.24, 2.45) is 0 Å². The minimum Gasteiger partial charge on any atom is -0.399 e. The lowest BCUT2D eigenvalue weighted by Gasteiger charge is -2.11. The van der Waals surface area contributed by atoms with Gasteiger partial charge in [-0.05, 0) is 48.2 Å². The number of hydrogen-bond donors (Lipinski definition) is 2. The predicted octanol–water partition coefficient (Wildman–Crippen LogP) is 3.87. The highest BCUT2D eigenvalue weighted by atomic mass is 14.9. The second kappa shape index (κ2) is 4.61. The zero-order chi connectivity index (χ0) is 13.2. The highest BCUT2D eigenvalue weighted by Crippen LogP contribution is 2.27. The summed E-state index contributed by atoms with van der Waals surface area (Å²) in [5.41, 5.74) is 9.81. The number of fused-ring (bicyclic) bond motifs is 1. The van der Waals surface area contributed by atoms with E-state index in [0.29, 0.717) is 0 Å². The first-order valence-electron chi connectivity index (χ1n) is 6.19. The summed E-state index contributed by atoms with van der Waals surface area (Å²) in [5, 5.41) is 5.68. The number of rotatable bonds is 2. The van der Waals surface area contributed by atoms with Crippen molar-refractivity contribution in [2.75, 3.05) is 11.1 Å². The predicted molar refractivity (Wildman–Crippen MR) is 80.6 cm³/mol. The Kier molecular flexibility index (Phi) is 2.80. The van der Waals surface area contributed by atoms with E-state index < -0.39 is 0 Å². The molecule has 0 saturated carbocycles. The van der Waals surface area contributed by atoms with Crippen molar-refractivity contribution in [1.82, 2.24) is 4.98 Å². The zero-order valence-corrected chi connectivity index (χ0v) is 10.7. The summed E-state index contributed by atoms with van der Waals surface area (Å²) in [5.74, 6) is 0. The number of hydrogen-bond acceptors (Lipinski definition) is 3. The van der Waals surface area contributed by atoms with Crippen LogP contribution in [0.1, 0.15) is 5.56 Å². The van der Waals surface area contributed by atoms with Crippen LogP contribution in [0.15, 0.2) is 54.9 Å². The summed E-state index contributed by atoms with van der Waals surface area (Å²) in [4.78, 5) is 4.19. The van der Waals surface area contributed by atoms with Gasteiger partial charge in [0.05, 0.1) is 0 Å². The smallest absolute Gasteiger partial charge is 0.0479 e. The molecule has 1 heterocycles. The molecular formula is C16H15N3. The monoisotopic (exact) mass is 249 g/mol. The van der Waals surface area contributed by atoms with E-state index in [1.54, 1.807) is 6.20 Å². The van der Waals surface area contributed by atoms with E-state index in [4.69, 9.17) is 5.73 Å². The first-order valence-corrected chi connectivity index (χ1v) is 6.19. The lowest BCUT2D eigenvalue weighted by atomic mass is 10.1. The third-order valence-electron chi connectivity index (χ3n) is 3.06. The summed E-state index contributed by atoms with van der Waals surface area (Å²) in [7, 11) is 0. The summed E-state index contributed by atoms with van der Waals surface area (Å²) in [6.07, 6.45) is 3.67. The van der Waals surface area contributed by atoms with Crippen LogP contribution in [0.25, 0.3) is 10.8 Å². The van der Waals surface area contributed by atoms with E-state index in [1.807, 2.05) is 43.5 Å². The Morgan fingerprint density at radius 3 is 2.84 bits per heavy atom. The zero-order valence-electron chi connectivity index (χ0n) is 10.7. The Balaban J connectivity index is 2.05. The van der Waals surface area contributed by atoms with Crippen LogP contribution in [-0.2, 0) is 0 Å². The standard InChI is InChI=1S/C16H15N3/c1-11-7-13(17)9-14(8-11)19-16-4-2-3-12-5-6-18-10-15(12)16/h2-10,19H,17H2,1H3. The first kappa shape index (κ1) is 11.5. The van der Waals surface area contributed by atoms with Gasteiger partial charge in [-0.3, -0.25) is 4.98 Å². The van der Waals surface area contributed by atoms with Gasteiger partial charge in [0.25, 0.3) is 0 Å². The number of nitrogens with two attached hydrogens (primary N) is 1. The summed E-state index contributed by atoms with van der Waals surface area (Å²) in [6, 6.07) is 14.1. The number of benzene rings is 2. The van der Waals surface area contributed by atoms with Gasteiger partial charge >= 0.3 is 0 Å². The lowest BCUT2D eigenvalue weighted by molar-refractivity contribution is 1.36. The summed E-state index contributed by atoms with van der Waals surface area (Å²) in [6.45, 7) is 2.03. The molecule has 0 aliphatic rings. The van der Waals surface area contributed by atoms with Gasteiger partial charge in [-0.2, -0.15) is 0 Å². The van der Waals surface area contributed by atoms with Gasteiger partial charge in [0.2, 0.25) is 0 Å². The molecule has 2 aromatic carbocycles. The topological polar surface area (TPSA) is 50.9 Å². The van der Waals surface area contributed by atoms with Crippen molar-refractivity contribution < 1.29 is 0 Å². The molecular weight excluding hydrogens is 234 g/mol. The number of pyridine rings is 1. The van der Waals surface area contributed by atoms with E-state index in [9.17, 15) is 0 Å². The molecule has 0 aliphatic carbocycles. The second-order valence-corrected chi connectivity index (χ2v) is 4.66. The van der Waals surface area contributed by atoms with Gasteiger partial charge in [-0.15, -0.1) is 0 Å². The van der Waals surface area contributed by atoms with Gasteiger partial charge < -0.3 is 11.1 Å². The Hall–Kier alpha value is -2.55. The molecule has 1 aromatic heterocycles. The van der Waals surface area contributed by atoms with Gasteiger partial charge in [0, 0.05) is 34.8 Å². The van der Waals surface area contributed by atoms with E-state index in [0.717, 1.165) is 28.0 Å². The Morgan fingerprint density at radius 2 is 2.00 bits per heavy atom. The molecule has 3 aromatic rings. The number of aryl methyl sites for hydroxylation is 1. The number of nitrogen functional groups attached to an aromatic ring is 1. The van der Waals surface area contributed by atoms with Gasteiger partial charge in [0.15, 0.2) is 0 Å². The van der Waals surface area contributed by atoms with Crippen molar-refractivity contribution >= 4 is 27.8 Å². The maximum Gasteiger partial charge on any atom is 0.0479 e. The van der Waals surface area contributed by atoms with Crippen LogP contribution < -0.4 is 11.1 Å². The minimum atomic E-state index is 0.765. The van der Waals surface area contributed by atoms with Crippen LogP contribution >= 0.6 is 0 Å². The minimum absolute atomic E-state index is 0.765. The van der Waals surface area contributed by atoms with Crippen molar-refractivity contribution in [2.45, 2.75) is 6.92 Å². The molecule has 0 amide bonds. The molecule has 0 atom stereocenters. The average Bonchev–Trinajstić information content (AvgIpc) is 2.38. The fraction of sp³-hybridized carbons (Fsp3) is 0.0625. The van der Waals surface area contributed by atoms with Crippen molar-refractivity contribution in [3.8, 4) is 0 Å². The number of nitrogens with one attached hydrogen (secondary N) is 1. The third-order valence-corrected chi connectivity index (χ3v) is 3.06. The second-order valence-electron chi connectivity index (χ2n) is 4.66. The van der Waals surface area contributed by atoms with E-state index >= 15 is 0 Å². The SMILES string of the molecule is Cc1cc(N)cc(Nc2cccc3ccncc23)c1. The third kappa shape index (κ3) is 2.36. The first-order chi connectivity index (χ1) is 9.22.